The van der Waals surface area contributed by atoms with Crippen LogP contribution in [0.1, 0.15) is 6.42 Å². The van der Waals surface area contributed by atoms with Gasteiger partial charge >= 0.3 is 5.97 Å². The molecule has 10 nitrogen and oxygen atoms in total. The summed E-state index contributed by atoms with van der Waals surface area (Å²) in [5.41, 5.74) is 0. The van der Waals surface area contributed by atoms with Gasteiger partial charge in [-0.25, -0.2) is 18.4 Å². The Balaban J connectivity index is 1.39. The molecule has 12 heteroatoms. The van der Waals surface area contributed by atoms with Crippen LogP contribution in [0.5, 0.6) is 0 Å². The molecule has 1 aromatic carbocycles. The topological polar surface area (TPSA) is 122 Å². The number of rotatable bonds is 8. The first-order valence-electron chi connectivity index (χ1n) is 9.56. The average Bonchev–Trinajstić information content (AvgIpc) is 2.78. The van der Waals surface area contributed by atoms with Gasteiger partial charge in [-0.3, -0.25) is 9.59 Å². The zero-order chi connectivity index (χ0) is 22.3. The number of piperazine rings is 1. The van der Waals surface area contributed by atoms with Crippen LogP contribution >= 0.6 is 11.6 Å². The maximum atomic E-state index is 12.7. The van der Waals surface area contributed by atoms with Crippen molar-refractivity contribution in [3.63, 3.8) is 0 Å². The summed E-state index contributed by atoms with van der Waals surface area (Å²) < 4.78 is 31.7. The van der Waals surface area contributed by atoms with E-state index < -0.39 is 16.0 Å². The summed E-state index contributed by atoms with van der Waals surface area (Å²) in [6.07, 6.45) is 3.21. The number of nitrogens with zero attached hydrogens (tertiary/aromatic N) is 4. The molecule has 1 saturated heterocycles. The summed E-state index contributed by atoms with van der Waals surface area (Å²) in [4.78, 5) is 33.7. The smallest absolute Gasteiger partial charge is 0.308 e. The van der Waals surface area contributed by atoms with Crippen molar-refractivity contribution in [3.8, 4) is 0 Å². The highest BCUT2D eigenvalue weighted by molar-refractivity contribution is 7.89. The van der Waals surface area contributed by atoms with Gasteiger partial charge in [0.15, 0.2) is 6.61 Å². The molecular formula is C19H22ClN5O5S. The van der Waals surface area contributed by atoms with E-state index in [9.17, 15) is 18.0 Å². The van der Waals surface area contributed by atoms with Crippen molar-refractivity contribution in [3.05, 3.63) is 47.7 Å². The van der Waals surface area contributed by atoms with Gasteiger partial charge in [0.25, 0.3) is 5.91 Å². The summed E-state index contributed by atoms with van der Waals surface area (Å²) in [5.74, 6) is -0.491. The Morgan fingerprint density at radius 2 is 1.71 bits per heavy atom. The molecule has 2 aromatic rings. The first-order valence-corrected chi connectivity index (χ1v) is 11.4. The van der Waals surface area contributed by atoms with Gasteiger partial charge < -0.3 is 15.0 Å². The van der Waals surface area contributed by atoms with Gasteiger partial charge in [-0.1, -0.05) is 11.6 Å². The predicted molar refractivity (Wildman–Crippen MR) is 113 cm³/mol. The lowest BCUT2D eigenvalue weighted by molar-refractivity contribution is -0.152. The van der Waals surface area contributed by atoms with Crippen LogP contribution < -0.4 is 5.32 Å². The maximum absolute atomic E-state index is 12.7. The molecule has 0 atom stereocenters. The van der Waals surface area contributed by atoms with E-state index in [1.54, 1.807) is 18.5 Å². The van der Waals surface area contributed by atoms with Gasteiger partial charge in [0.1, 0.15) is 0 Å². The second kappa shape index (κ2) is 10.5. The van der Waals surface area contributed by atoms with E-state index in [0.717, 1.165) is 0 Å². The number of hydrogen-bond acceptors (Lipinski definition) is 8. The number of nitrogens with one attached hydrogen (secondary N) is 1. The minimum Gasteiger partial charge on any atom is -0.456 e. The highest BCUT2D eigenvalue weighted by Gasteiger charge is 2.30. The SMILES string of the molecule is O=C(CCNc1ncccn1)OCC(=O)N1CCN(S(=O)(=O)c2ccc(Cl)cc2)CC1. The maximum Gasteiger partial charge on any atom is 0.308 e. The summed E-state index contributed by atoms with van der Waals surface area (Å²) in [6, 6.07) is 7.62. The van der Waals surface area contributed by atoms with Crippen molar-refractivity contribution in [2.45, 2.75) is 11.3 Å². The predicted octanol–water partition coefficient (Wildman–Crippen LogP) is 1.01. The van der Waals surface area contributed by atoms with Crippen LogP contribution in [-0.4, -0.2) is 78.8 Å². The summed E-state index contributed by atoms with van der Waals surface area (Å²) in [6.45, 7) is 0.645. The molecule has 0 unspecified atom stereocenters. The van der Waals surface area contributed by atoms with Gasteiger partial charge in [-0.05, 0) is 30.3 Å². The van der Waals surface area contributed by atoms with Crippen LogP contribution in [0.2, 0.25) is 5.02 Å². The van der Waals surface area contributed by atoms with Crippen LogP contribution in [0.4, 0.5) is 5.95 Å². The molecular weight excluding hydrogens is 446 g/mol. The Bertz CT molecular complexity index is 996. The molecule has 1 amide bonds. The quantitative estimate of drug-likeness (QED) is 0.571. The van der Waals surface area contributed by atoms with E-state index in [2.05, 4.69) is 15.3 Å². The molecule has 3 rings (SSSR count). The molecule has 0 spiro atoms. The van der Waals surface area contributed by atoms with Crippen molar-refractivity contribution >= 4 is 39.4 Å². The molecule has 1 aliphatic rings. The molecule has 1 aliphatic heterocycles. The van der Waals surface area contributed by atoms with E-state index in [0.29, 0.717) is 11.0 Å². The van der Waals surface area contributed by atoms with Crippen LogP contribution in [-0.2, 0) is 24.3 Å². The number of anilines is 1. The van der Waals surface area contributed by atoms with Crippen LogP contribution in [0, 0.1) is 0 Å². The Morgan fingerprint density at radius 1 is 1.06 bits per heavy atom. The minimum atomic E-state index is -3.65. The monoisotopic (exact) mass is 467 g/mol. The molecule has 0 aliphatic carbocycles. The van der Waals surface area contributed by atoms with Gasteiger partial charge in [-0.2, -0.15) is 4.31 Å². The number of sulfonamides is 1. The molecule has 1 fully saturated rings. The van der Waals surface area contributed by atoms with Crippen LogP contribution in [0.25, 0.3) is 0 Å². The summed E-state index contributed by atoms with van der Waals surface area (Å²) in [5, 5.41) is 3.33. The van der Waals surface area contributed by atoms with Gasteiger partial charge in [-0.15, -0.1) is 0 Å². The summed E-state index contributed by atoms with van der Waals surface area (Å²) >= 11 is 5.81. The number of halogens is 1. The van der Waals surface area contributed by atoms with E-state index in [1.165, 1.54) is 33.5 Å². The van der Waals surface area contributed by atoms with Gasteiger partial charge in [0.2, 0.25) is 16.0 Å². The Kier molecular flexibility index (Phi) is 7.77. The number of esters is 1. The molecule has 1 aromatic heterocycles. The normalized spacial score (nSPS) is 14.8. The lowest BCUT2D eigenvalue weighted by atomic mass is 10.3. The molecule has 2 heterocycles. The number of aromatic nitrogens is 2. The molecule has 0 radical (unpaired) electrons. The molecule has 31 heavy (non-hydrogen) atoms. The van der Waals surface area contributed by atoms with Crippen molar-refractivity contribution < 1.29 is 22.7 Å². The number of hydrogen-bond donors (Lipinski definition) is 1. The second-order valence-corrected chi connectivity index (χ2v) is 9.02. The van der Waals surface area contributed by atoms with Crippen molar-refractivity contribution in [1.29, 1.82) is 0 Å². The number of ether oxygens (including phenoxy) is 1. The third-order valence-electron chi connectivity index (χ3n) is 4.58. The highest BCUT2D eigenvalue weighted by Crippen LogP contribution is 2.19. The van der Waals surface area contributed by atoms with E-state index in [-0.39, 0.29) is 56.6 Å². The van der Waals surface area contributed by atoms with Gasteiger partial charge in [0.05, 0.1) is 11.3 Å². The third-order valence-corrected chi connectivity index (χ3v) is 6.74. The minimum absolute atomic E-state index is 0.0542. The average molecular weight is 468 g/mol. The fourth-order valence-corrected chi connectivity index (χ4v) is 4.45. The van der Waals surface area contributed by atoms with E-state index >= 15 is 0 Å². The van der Waals surface area contributed by atoms with E-state index in [1.807, 2.05) is 0 Å². The number of carbonyl (C=O) groups excluding carboxylic acids is 2. The van der Waals surface area contributed by atoms with Crippen molar-refractivity contribution in [1.82, 2.24) is 19.2 Å². The Morgan fingerprint density at radius 3 is 2.35 bits per heavy atom. The highest BCUT2D eigenvalue weighted by atomic mass is 35.5. The van der Waals surface area contributed by atoms with Crippen molar-refractivity contribution in [2.24, 2.45) is 0 Å². The lowest BCUT2D eigenvalue weighted by Crippen LogP contribution is -2.51. The molecule has 166 valence electrons. The second-order valence-electron chi connectivity index (χ2n) is 6.65. The number of benzene rings is 1. The van der Waals surface area contributed by atoms with Crippen LogP contribution in [0.3, 0.4) is 0 Å². The van der Waals surface area contributed by atoms with Crippen molar-refractivity contribution in [2.75, 3.05) is 44.6 Å². The fourth-order valence-electron chi connectivity index (χ4n) is 2.91. The first-order chi connectivity index (χ1) is 14.9. The zero-order valence-electron chi connectivity index (χ0n) is 16.6. The first kappa shape index (κ1) is 22.9. The molecule has 1 N–H and O–H groups in total. The lowest BCUT2D eigenvalue weighted by Gasteiger charge is -2.33. The Labute approximate surface area is 185 Å². The van der Waals surface area contributed by atoms with E-state index in [4.69, 9.17) is 16.3 Å². The largest absolute Gasteiger partial charge is 0.456 e. The molecule has 0 bridgehead atoms. The Hall–Kier alpha value is -2.76. The van der Waals surface area contributed by atoms with Crippen LogP contribution in [0.15, 0.2) is 47.6 Å². The standard InChI is InChI=1S/C19H22ClN5O5S/c20-15-2-4-16(5-3-15)31(28,29)25-12-10-24(11-13-25)17(26)14-30-18(27)6-9-23-19-21-7-1-8-22-19/h1-5,7-8H,6,9-14H2,(H,21,22,23). The van der Waals surface area contributed by atoms with Gasteiger partial charge in [0, 0.05) is 50.1 Å². The zero-order valence-corrected chi connectivity index (χ0v) is 18.2. The number of amides is 1. The fraction of sp³-hybridized carbons (Fsp3) is 0.368. The summed E-state index contributed by atoms with van der Waals surface area (Å²) in [7, 11) is -3.65. The number of carbonyl (C=O) groups is 2. The molecule has 0 saturated carbocycles. The third kappa shape index (κ3) is 6.36.